The number of allylic oxidation sites excluding steroid dienone is 1. The molecule has 2 aromatic carbocycles. The fraction of sp³-hybridized carbons (Fsp3) is 0.222. The predicted molar refractivity (Wildman–Crippen MR) is 90.0 cm³/mol. The molecule has 0 spiro atoms. The number of alkyl halides is 3. The van der Waals surface area contributed by atoms with E-state index in [4.69, 9.17) is 23.2 Å². The van der Waals surface area contributed by atoms with Gasteiger partial charge in [0.05, 0.1) is 5.56 Å². The standard InChI is InChI=1S/C18H15Cl2F3/c1-2-12(15-10-9-14(19)11-17(15)20)7-8-13-5-3-4-6-16(13)18(21,22)23/h3-12H,2H2,1H3/b8-7+. The summed E-state index contributed by atoms with van der Waals surface area (Å²) >= 11 is 12.1. The van der Waals surface area contributed by atoms with Crippen LogP contribution >= 0.6 is 23.2 Å². The zero-order valence-corrected chi connectivity index (χ0v) is 13.9. The van der Waals surface area contributed by atoms with Gasteiger partial charge in [0.2, 0.25) is 0 Å². The molecule has 0 amide bonds. The molecule has 2 aromatic rings. The molecule has 122 valence electrons. The van der Waals surface area contributed by atoms with Gasteiger partial charge in [0.25, 0.3) is 0 Å². The average Bonchev–Trinajstić information content (AvgIpc) is 2.49. The van der Waals surface area contributed by atoms with Gasteiger partial charge < -0.3 is 0 Å². The van der Waals surface area contributed by atoms with E-state index >= 15 is 0 Å². The highest BCUT2D eigenvalue weighted by molar-refractivity contribution is 6.35. The van der Waals surface area contributed by atoms with Gasteiger partial charge >= 0.3 is 6.18 Å². The maximum absolute atomic E-state index is 13.0. The van der Waals surface area contributed by atoms with E-state index in [1.165, 1.54) is 18.2 Å². The first-order valence-electron chi connectivity index (χ1n) is 7.12. The Kier molecular flexibility index (Phi) is 5.77. The first-order valence-corrected chi connectivity index (χ1v) is 7.88. The molecule has 0 fully saturated rings. The third kappa shape index (κ3) is 4.52. The minimum Gasteiger partial charge on any atom is -0.166 e. The molecule has 0 N–H and O–H groups in total. The number of rotatable bonds is 4. The van der Waals surface area contributed by atoms with Gasteiger partial charge in [-0.25, -0.2) is 0 Å². The zero-order chi connectivity index (χ0) is 17.0. The Balaban J connectivity index is 2.34. The van der Waals surface area contributed by atoms with E-state index in [1.54, 1.807) is 30.3 Å². The molecule has 0 saturated carbocycles. The largest absolute Gasteiger partial charge is 0.416 e. The minimum absolute atomic E-state index is 0.0824. The molecule has 2 rings (SSSR count). The number of hydrogen-bond acceptors (Lipinski definition) is 0. The summed E-state index contributed by atoms with van der Waals surface area (Å²) < 4.78 is 39.0. The molecule has 0 saturated heterocycles. The van der Waals surface area contributed by atoms with Crippen molar-refractivity contribution < 1.29 is 13.2 Å². The second-order valence-electron chi connectivity index (χ2n) is 5.12. The Morgan fingerprint density at radius 3 is 2.39 bits per heavy atom. The summed E-state index contributed by atoms with van der Waals surface area (Å²) in [5.74, 6) is -0.0824. The van der Waals surface area contributed by atoms with Crippen LogP contribution in [0.1, 0.15) is 36.0 Å². The van der Waals surface area contributed by atoms with E-state index in [2.05, 4.69) is 0 Å². The lowest BCUT2D eigenvalue weighted by Gasteiger charge is -2.14. The monoisotopic (exact) mass is 358 g/mol. The summed E-state index contributed by atoms with van der Waals surface area (Å²) in [6.45, 7) is 1.95. The van der Waals surface area contributed by atoms with Crippen LogP contribution in [0.5, 0.6) is 0 Å². The highest BCUT2D eigenvalue weighted by Gasteiger charge is 2.32. The normalized spacial score (nSPS) is 13.5. The van der Waals surface area contributed by atoms with Crippen LogP contribution in [0.4, 0.5) is 13.2 Å². The van der Waals surface area contributed by atoms with Crippen molar-refractivity contribution in [2.45, 2.75) is 25.4 Å². The summed E-state index contributed by atoms with van der Waals surface area (Å²) in [7, 11) is 0. The van der Waals surface area contributed by atoms with Gasteiger partial charge in [0, 0.05) is 16.0 Å². The Morgan fingerprint density at radius 1 is 1.09 bits per heavy atom. The molecule has 1 unspecified atom stereocenters. The molecule has 0 aromatic heterocycles. The summed E-state index contributed by atoms with van der Waals surface area (Å²) in [5.41, 5.74) is 0.344. The van der Waals surface area contributed by atoms with Crippen molar-refractivity contribution in [2.75, 3.05) is 0 Å². The molecular formula is C18H15Cl2F3. The van der Waals surface area contributed by atoms with Crippen molar-refractivity contribution in [1.82, 2.24) is 0 Å². The van der Waals surface area contributed by atoms with E-state index in [-0.39, 0.29) is 11.5 Å². The molecule has 0 nitrogen and oxygen atoms in total. The molecule has 1 atom stereocenters. The van der Waals surface area contributed by atoms with Gasteiger partial charge in [-0.2, -0.15) is 13.2 Å². The summed E-state index contributed by atoms with van der Waals surface area (Å²) in [6, 6.07) is 10.7. The smallest absolute Gasteiger partial charge is 0.166 e. The van der Waals surface area contributed by atoms with Gasteiger partial charge in [-0.15, -0.1) is 0 Å². The van der Waals surface area contributed by atoms with Crippen molar-refractivity contribution in [3.8, 4) is 0 Å². The van der Waals surface area contributed by atoms with Gasteiger partial charge in [-0.1, -0.05) is 66.5 Å². The van der Waals surface area contributed by atoms with Gasteiger partial charge in [0.15, 0.2) is 0 Å². The summed E-state index contributed by atoms with van der Waals surface area (Å²) in [4.78, 5) is 0. The molecule has 0 aliphatic heterocycles. The fourth-order valence-electron chi connectivity index (χ4n) is 2.38. The van der Waals surface area contributed by atoms with E-state index in [9.17, 15) is 13.2 Å². The van der Waals surface area contributed by atoms with Crippen LogP contribution in [0.25, 0.3) is 6.08 Å². The van der Waals surface area contributed by atoms with Crippen LogP contribution < -0.4 is 0 Å². The lowest BCUT2D eigenvalue weighted by molar-refractivity contribution is -0.137. The third-order valence-electron chi connectivity index (χ3n) is 3.58. The molecular weight excluding hydrogens is 344 g/mol. The van der Waals surface area contributed by atoms with Crippen molar-refractivity contribution in [2.24, 2.45) is 0 Å². The fourth-order valence-corrected chi connectivity index (χ4v) is 2.93. The highest BCUT2D eigenvalue weighted by atomic mass is 35.5. The Labute approximate surface area is 143 Å². The maximum atomic E-state index is 13.0. The summed E-state index contributed by atoms with van der Waals surface area (Å²) in [6.07, 6.45) is -0.409. The van der Waals surface area contributed by atoms with Gasteiger partial charge in [0.1, 0.15) is 0 Å². The number of benzene rings is 2. The van der Waals surface area contributed by atoms with Crippen LogP contribution in [-0.2, 0) is 6.18 Å². The second-order valence-corrected chi connectivity index (χ2v) is 5.97. The molecule has 0 aliphatic carbocycles. The molecule has 23 heavy (non-hydrogen) atoms. The third-order valence-corrected chi connectivity index (χ3v) is 4.14. The topological polar surface area (TPSA) is 0 Å². The van der Waals surface area contributed by atoms with Gasteiger partial charge in [-0.3, -0.25) is 0 Å². The predicted octanol–water partition coefficient (Wildman–Crippen LogP) is 7.22. The van der Waals surface area contributed by atoms with Crippen molar-refractivity contribution in [1.29, 1.82) is 0 Å². The van der Waals surface area contributed by atoms with Crippen molar-refractivity contribution in [3.05, 3.63) is 75.3 Å². The number of halogens is 5. The van der Waals surface area contributed by atoms with Crippen LogP contribution in [-0.4, -0.2) is 0 Å². The first kappa shape index (κ1) is 17.9. The zero-order valence-electron chi connectivity index (χ0n) is 12.4. The van der Waals surface area contributed by atoms with E-state index in [0.29, 0.717) is 16.5 Å². The van der Waals surface area contributed by atoms with Crippen molar-refractivity contribution in [3.63, 3.8) is 0 Å². The van der Waals surface area contributed by atoms with Gasteiger partial charge in [-0.05, 0) is 35.7 Å². The molecule has 0 bridgehead atoms. The Hall–Kier alpha value is -1.45. The molecule has 5 heteroatoms. The summed E-state index contributed by atoms with van der Waals surface area (Å²) in [5, 5.41) is 1.04. The van der Waals surface area contributed by atoms with Crippen LogP contribution in [0, 0.1) is 0 Å². The van der Waals surface area contributed by atoms with E-state index in [1.807, 2.05) is 6.92 Å². The quantitative estimate of drug-likeness (QED) is 0.541. The lowest BCUT2D eigenvalue weighted by Crippen LogP contribution is -2.07. The van der Waals surface area contributed by atoms with E-state index < -0.39 is 11.7 Å². The molecule has 0 aliphatic rings. The van der Waals surface area contributed by atoms with Crippen LogP contribution in [0.3, 0.4) is 0 Å². The van der Waals surface area contributed by atoms with Crippen molar-refractivity contribution >= 4 is 29.3 Å². The Morgan fingerprint density at radius 2 is 1.78 bits per heavy atom. The molecule has 0 radical (unpaired) electrons. The maximum Gasteiger partial charge on any atom is 0.416 e. The van der Waals surface area contributed by atoms with E-state index in [0.717, 1.165) is 11.6 Å². The molecule has 0 heterocycles. The lowest BCUT2D eigenvalue weighted by atomic mass is 9.94. The Bertz CT molecular complexity index is 706. The van der Waals surface area contributed by atoms with Crippen LogP contribution in [0.2, 0.25) is 10.0 Å². The number of hydrogen-bond donors (Lipinski definition) is 0. The first-order chi connectivity index (χ1) is 10.8. The average molecular weight is 359 g/mol. The SMILES string of the molecule is CCC(/C=C/c1ccccc1C(F)(F)F)c1ccc(Cl)cc1Cl. The second kappa shape index (κ2) is 7.41. The van der Waals surface area contributed by atoms with Crippen LogP contribution in [0.15, 0.2) is 48.5 Å². The minimum atomic E-state index is -4.37. The highest BCUT2D eigenvalue weighted by Crippen LogP contribution is 2.34.